The topological polar surface area (TPSA) is 66.5 Å². The summed E-state index contributed by atoms with van der Waals surface area (Å²) in [6.07, 6.45) is 1.96. The van der Waals surface area contributed by atoms with Crippen molar-refractivity contribution in [2.45, 2.75) is 19.1 Å². The van der Waals surface area contributed by atoms with E-state index < -0.39 is 10.0 Å². The monoisotopic (exact) mass is 456 g/mol. The Morgan fingerprint density at radius 3 is 2.48 bits per heavy atom. The number of amides is 1. The summed E-state index contributed by atoms with van der Waals surface area (Å²) in [6, 6.07) is 21.4. The summed E-state index contributed by atoms with van der Waals surface area (Å²) < 4.78 is 26.0. The first-order valence-corrected chi connectivity index (χ1v) is 13.2. The molecule has 5 nitrogen and oxygen atoms in total. The lowest BCUT2D eigenvalue weighted by Gasteiger charge is -2.23. The molecule has 0 unspecified atom stereocenters. The van der Waals surface area contributed by atoms with Crippen LogP contribution in [0.15, 0.2) is 66.7 Å². The second-order valence-corrected chi connectivity index (χ2v) is 10.5. The van der Waals surface area contributed by atoms with Gasteiger partial charge in [0.15, 0.2) is 0 Å². The zero-order valence-electron chi connectivity index (χ0n) is 17.9. The van der Waals surface area contributed by atoms with Crippen molar-refractivity contribution in [3.05, 3.63) is 77.9 Å². The van der Waals surface area contributed by atoms with Gasteiger partial charge >= 0.3 is 0 Å². The highest BCUT2D eigenvalue weighted by Gasteiger charge is 2.22. The van der Waals surface area contributed by atoms with Crippen LogP contribution >= 0.6 is 11.8 Å². The lowest BCUT2D eigenvalue weighted by atomic mass is 10.1. The summed E-state index contributed by atoms with van der Waals surface area (Å²) >= 11 is 1.83. The van der Waals surface area contributed by atoms with Crippen molar-refractivity contribution in [1.82, 2.24) is 5.32 Å². The molecule has 0 saturated heterocycles. The van der Waals surface area contributed by atoms with Gasteiger partial charge in [0.2, 0.25) is 15.9 Å². The molecule has 3 aromatic carbocycles. The highest BCUT2D eigenvalue weighted by atomic mass is 32.2. The Kier molecular flexibility index (Phi) is 7.98. The lowest BCUT2D eigenvalue weighted by molar-refractivity contribution is -0.119. The molecule has 0 saturated carbocycles. The van der Waals surface area contributed by atoms with Gasteiger partial charge in [0, 0.05) is 17.7 Å². The molecule has 3 aromatic rings. The van der Waals surface area contributed by atoms with E-state index >= 15 is 0 Å². The van der Waals surface area contributed by atoms with Crippen molar-refractivity contribution in [1.29, 1.82) is 0 Å². The summed E-state index contributed by atoms with van der Waals surface area (Å²) in [4.78, 5) is 12.5. The third-order valence-corrected chi connectivity index (χ3v) is 7.25. The van der Waals surface area contributed by atoms with Crippen LogP contribution in [-0.2, 0) is 20.6 Å². The molecule has 3 rings (SSSR count). The van der Waals surface area contributed by atoms with Crippen molar-refractivity contribution < 1.29 is 13.2 Å². The summed E-state index contributed by atoms with van der Waals surface area (Å²) in [7, 11) is -3.61. The molecule has 0 aliphatic carbocycles. The highest BCUT2D eigenvalue weighted by molar-refractivity contribution is 7.98. The minimum absolute atomic E-state index is 0.233. The number of nitrogens with zero attached hydrogens (tertiary/aromatic N) is 1. The fourth-order valence-corrected chi connectivity index (χ4v) is 5.25. The molecule has 0 bridgehead atoms. The highest BCUT2D eigenvalue weighted by Crippen LogP contribution is 2.28. The van der Waals surface area contributed by atoms with Gasteiger partial charge in [-0.1, -0.05) is 60.7 Å². The normalized spacial score (nSPS) is 11.4. The van der Waals surface area contributed by atoms with E-state index in [2.05, 4.69) is 24.4 Å². The van der Waals surface area contributed by atoms with E-state index in [-0.39, 0.29) is 12.5 Å². The number of benzene rings is 3. The maximum atomic E-state index is 12.5. The van der Waals surface area contributed by atoms with Gasteiger partial charge in [0.05, 0.1) is 11.9 Å². The number of carbonyl (C=O) groups excluding carboxylic acids is 1. The van der Waals surface area contributed by atoms with Crippen LogP contribution in [0.25, 0.3) is 10.8 Å². The van der Waals surface area contributed by atoms with Crippen LogP contribution in [0.5, 0.6) is 0 Å². The van der Waals surface area contributed by atoms with Crippen LogP contribution in [0.3, 0.4) is 0 Å². The number of hydrogen-bond acceptors (Lipinski definition) is 4. The average molecular weight is 457 g/mol. The Morgan fingerprint density at radius 1 is 1.00 bits per heavy atom. The van der Waals surface area contributed by atoms with Crippen LogP contribution < -0.4 is 9.62 Å². The lowest BCUT2D eigenvalue weighted by Crippen LogP contribution is -2.40. The zero-order chi connectivity index (χ0) is 22.3. The molecule has 0 atom stereocenters. The summed E-state index contributed by atoms with van der Waals surface area (Å²) in [6.45, 7) is 2.40. The van der Waals surface area contributed by atoms with Crippen LogP contribution in [-0.4, -0.2) is 39.4 Å². The largest absolute Gasteiger partial charge is 0.354 e. The average Bonchev–Trinajstić information content (AvgIpc) is 2.74. The molecule has 1 N–H and O–H groups in total. The minimum Gasteiger partial charge on any atom is -0.354 e. The smallest absolute Gasteiger partial charge is 0.240 e. The number of fused-ring (bicyclic) bond motifs is 1. The SMILES string of the molecule is Cc1ccccc1CSCCCNC(=O)CN(c1cccc2ccccc12)S(C)(=O)=O. The zero-order valence-corrected chi connectivity index (χ0v) is 19.5. The number of sulfonamides is 1. The van der Waals surface area contributed by atoms with E-state index in [1.165, 1.54) is 15.4 Å². The van der Waals surface area contributed by atoms with Crippen molar-refractivity contribution in [3.63, 3.8) is 0 Å². The number of rotatable bonds is 10. The Labute approximate surface area is 188 Å². The van der Waals surface area contributed by atoms with Gasteiger partial charge in [-0.05, 0) is 41.7 Å². The number of aryl methyl sites for hydroxylation is 1. The Balaban J connectivity index is 1.53. The molecular weight excluding hydrogens is 428 g/mol. The summed E-state index contributed by atoms with van der Waals surface area (Å²) in [5.74, 6) is 1.57. The van der Waals surface area contributed by atoms with E-state index in [1.54, 1.807) is 12.1 Å². The molecule has 0 fully saturated rings. The first-order valence-electron chi connectivity index (χ1n) is 10.2. The first-order chi connectivity index (χ1) is 14.9. The van der Waals surface area contributed by atoms with Gasteiger partial charge in [-0.3, -0.25) is 9.10 Å². The third-order valence-electron chi connectivity index (χ3n) is 5.03. The second kappa shape index (κ2) is 10.7. The van der Waals surface area contributed by atoms with Crippen LogP contribution in [0.2, 0.25) is 0 Å². The van der Waals surface area contributed by atoms with E-state index in [4.69, 9.17) is 0 Å². The van der Waals surface area contributed by atoms with Crippen molar-refractivity contribution in [2.75, 3.05) is 29.4 Å². The summed E-state index contributed by atoms with van der Waals surface area (Å²) in [5, 5.41) is 4.59. The van der Waals surface area contributed by atoms with E-state index in [0.29, 0.717) is 12.2 Å². The fourth-order valence-electron chi connectivity index (χ4n) is 3.35. The predicted octanol–water partition coefficient (Wildman–Crippen LogP) is 4.35. The molecule has 0 spiro atoms. The van der Waals surface area contributed by atoms with Crippen LogP contribution in [0, 0.1) is 6.92 Å². The van der Waals surface area contributed by atoms with Gasteiger partial charge in [0.1, 0.15) is 6.54 Å². The molecule has 31 heavy (non-hydrogen) atoms. The second-order valence-electron chi connectivity index (χ2n) is 7.45. The van der Waals surface area contributed by atoms with Gasteiger partial charge < -0.3 is 5.32 Å². The van der Waals surface area contributed by atoms with Crippen molar-refractivity contribution in [3.8, 4) is 0 Å². The summed E-state index contributed by atoms with van der Waals surface area (Å²) in [5.41, 5.74) is 3.14. The Hall–Kier alpha value is -2.51. The maximum Gasteiger partial charge on any atom is 0.240 e. The number of nitrogens with one attached hydrogen (secondary N) is 1. The number of carbonyl (C=O) groups is 1. The molecule has 7 heteroatoms. The van der Waals surface area contributed by atoms with E-state index in [9.17, 15) is 13.2 Å². The van der Waals surface area contributed by atoms with Crippen LogP contribution in [0.4, 0.5) is 5.69 Å². The molecule has 1 amide bonds. The molecule has 0 aromatic heterocycles. The molecule has 0 aliphatic heterocycles. The quantitative estimate of drug-likeness (QED) is 0.461. The predicted molar refractivity (Wildman–Crippen MR) is 131 cm³/mol. The van der Waals surface area contributed by atoms with Gasteiger partial charge in [-0.25, -0.2) is 8.42 Å². The first kappa shape index (κ1) is 23.2. The number of hydrogen-bond donors (Lipinski definition) is 1. The van der Waals surface area contributed by atoms with Crippen LogP contribution in [0.1, 0.15) is 17.5 Å². The molecule has 0 radical (unpaired) electrons. The third kappa shape index (κ3) is 6.48. The maximum absolute atomic E-state index is 12.5. The van der Waals surface area contributed by atoms with Gasteiger partial charge in [-0.15, -0.1) is 0 Å². The molecule has 0 aliphatic rings. The number of anilines is 1. The Morgan fingerprint density at radius 2 is 1.71 bits per heavy atom. The Bertz CT molecular complexity index is 1140. The molecule has 0 heterocycles. The van der Waals surface area contributed by atoms with E-state index in [1.807, 2.05) is 54.2 Å². The minimum atomic E-state index is -3.61. The molecule has 164 valence electrons. The van der Waals surface area contributed by atoms with Gasteiger partial charge in [0.25, 0.3) is 0 Å². The molecular formula is C24H28N2O3S2. The van der Waals surface area contributed by atoms with E-state index in [0.717, 1.165) is 35.0 Å². The fraction of sp³-hybridized carbons (Fsp3) is 0.292. The number of thioether (sulfide) groups is 1. The van der Waals surface area contributed by atoms with Crippen molar-refractivity contribution >= 4 is 44.2 Å². The van der Waals surface area contributed by atoms with Crippen molar-refractivity contribution in [2.24, 2.45) is 0 Å². The van der Waals surface area contributed by atoms with Gasteiger partial charge in [-0.2, -0.15) is 11.8 Å². The standard InChI is InChI=1S/C24H28N2O3S2/c1-19-9-3-4-11-21(19)18-30-16-8-15-25-24(27)17-26(31(2,28)29)23-14-7-12-20-10-5-6-13-22(20)23/h3-7,9-14H,8,15-18H2,1-2H3,(H,25,27).